The Hall–Kier alpha value is -0.570. The van der Waals surface area contributed by atoms with Crippen LogP contribution >= 0.6 is 0 Å². The van der Waals surface area contributed by atoms with Crippen molar-refractivity contribution in [3.8, 4) is 0 Å². The number of amides is 1. The number of β-lactam (4-membered cyclic amide) rings is 1. The summed E-state index contributed by atoms with van der Waals surface area (Å²) in [6, 6.07) is 0. The van der Waals surface area contributed by atoms with E-state index >= 15 is 0 Å². The first-order valence-electron chi connectivity index (χ1n) is 4.77. The molecule has 1 spiro atoms. The second kappa shape index (κ2) is 2.73. The van der Waals surface area contributed by atoms with E-state index in [1.165, 1.54) is 0 Å². The van der Waals surface area contributed by atoms with Gasteiger partial charge in [0.2, 0.25) is 5.91 Å². The van der Waals surface area contributed by atoms with Gasteiger partial charge in [-0.15, -0.1) is 0 Å². The summed E-state index contributed by atoms with van der Waals surface area (Å²) in [6.45, 7) is 5.63. The lowest BCUT2D eigenvalue weighted by Gasteiger charge is -2.47. The van der Waals surface area contributed by atoms with Crippen molar-refractivity contribution in [1.82, 2.24) is 10.2 Å². The van der Waals surface area contributed by atoms with Crippen LogP contribution in [-0.2, 0) is 4.79 Å². The number of hydrogen-bond acceptors (Lipinski definition) is 2. The lowest BCUT2D eigenvalue weighted by atomic mass is 9.78. The van der Waals surface area contributed by atoms with E-state index < -0.39 is 0 Å². The van der Waals surface area contributed by atoms with Crippen LogP contribution in [0.25, 0.3) is 0 Å². The van der Waals surface area contributed by atoms with Gasteiger partial charge in [0, 0.05) is 20.9 Å². The van der Waals surface area contributed by atoms with Crippen LogP contribution in [0.1, 0.15) is 27.6 Å². The van der Waals surface area contributed by atoms with Gasteiger partial charge in [0.15, 0.2) is 0 Å². The van der Waals surface area contributed by atoms with E-state index in [4.69, 9.17) is 0 Å². The summed E-state index contributed by atoms with van der Waals surface area (Å²) >= 11 is 0. The Bertz CT molecular complexity index is 190. The van der Waals surface area contributed by atoms with Crippen molar-refractivity contribution in [3.05, 3.63) is 0 Å². The van der Waals surface area contributed by atoms with Gasteiger partial charge >= 0.3 is 0 Å². The average Bonchev–Trinajstić information content (AvgIpc) is 2.04. The van der Waals surface area contributed by atoms with Crippen molar-refractivity contribution < 1.29 is 6.22 Å². The van der Waals surface area contributed by atoms with Crippen molar-refractivity contribution in [2.75, 3.05) is 19.6 Å². The van der Waals surface area contributed by atoms with E-state index in [9.17, 15) is 4.79 Å². The molecule has 0 radical (unpaired) electrons. The molecule has 70 valence electrons. The first-order chi connectivity index (χ1) is 5.74. The highest BCUT2D eigenvalue weighted by atomic mass is 16.2. The molecule has 2 saturated heterocycles. The first-order valence-corrected chi connectivity index (χ1v) is 4.77. The highest BCUT2D eigenvalue weighted by molar-refractivity contribution is 5.84. The Morgan fingerprint density at radius 2 is 2.17 bits per heavy atom. The summed E-state index contributed by atoms with van der Waals surface area (Å²) in [5.41, 5.74) is 0.211. The van der Waals surface area contributed by atoms with Gasteiger partial charge in [0.25, 0.3) is 0 Å². The highest BCUT2D eigenvalue weighted by Crippen LogP contribution is 2.31. The van der Waals surface area contributed by atoms with E-state index in [-0.39, 0.29) is 12.9 Å². The molecule has 2 aliphatic rings. The van der Waals surface area contributed by atoms with Crippen molar-refractivity contribution in [2.45, 2.75) is 31.7 Å². The quantitative estimate of drug-likeness (QED) is 0.585. The van der Waals surface area contributed by atoms with Gasteiger partial charge < -0.3 is 10.2 Å². The molecular weight excluding hydrogens is 152 g/mol. The Morgan fingerprint density at radius 1 is 1.58 bits per heavy atom. The van der Waals surface area contributed by atoms with Crippen molar-refractivity contribution >= 4 is 5.91 Å². The maximum atomic E-state index is 10.8. The van der Waals surface area contributed by atoms with Crippen LogP contribution in [0, 0.1) is 0 Å². The van der Waals surface area contributed by atoms with Gasteiger partial charge in [0.1, 0.15) is 0 Å². The predicted molar refractivity (Wildman–Crippen MR) is 49.0 cm³/mol. The highest BCUT2D eigenvalue weighted by Gasteiger charge is 2.44. The van der Waals surface area contributed by atoms with Crippen molar-refractivity contribution in [3.63, 3.8) is 0 Å². The molecule has 0 saturated carbocycles. The van der Waals surface area contributed by atoms with E-state index in [2.05, 4.69) is 17.1 Å². The minimum Gasteiger partial charge on any atom is -0.350 e. The Morgan fingerprint density at radius 3 is 2.58 bits per heavy atom. The van der Waals surface area contributed by atoms with Crippen molar-refractivity contribution in [1.29, 1.82) is 0 Å². The van der Waals surface area contributed by atoms with Crippen LogP contribution < -0.4 is 5.32 Å². The van der Waals surface area contributed by atoms with Gasteiger partial charge in [-0.05, 0) is 19.4 Å². The topological polar surface area (TPSA) is 32.3 Å². The summed E-state index contributed by atoms with van der Waals surface area (Å²) in [5.74, 6) is 0.236. The second-order valence-corrected chi connectivity index (χ2v) is 3.94. The van der Waals surface area contributed by atoms with Gasteiger partial charge in [-0.3, -0.25) is 4.79 Å². The molecule has 0 unspecified atom stereocenters. The number of carbonyl (C=O) groups is 1. The molecule has 2 rings (SSSR count). The monoisotopic (exact) mass is 170 g/mol. The fourth-order valence-corrected chi connectivity index (χ4v) is 2.18. The third kappa shape index (κ3) is 1.22. The van der Waals surface area contributed by atoms with Gasteiger partial charge in [0.05, 0.1) is 5.54 Å². The standard InChI is InChI=1S/C9H16N2O.H2/c1-2-11-5-3-9(4-6-11)7-8(12)10-9;/h2-7H2,1H3,(H,10,12);1H. The van der Waals surface area contributed by atoms with Crippen LogP contribution in [0.2, 0.25) is 0 Å². The number of carbonyl (C=O) groups excluding carboxylic acids is 1. The van der Waals surface area contributed by atoms with E-state index in [1.807, 2.05) is 0 Å². The van der Waals surface area contributed by atoms with Crippen LogP contribution in [0.15, 0.2) is 0 Å². The molecule has 0 aromatic carbocycles. The zero-order chi connectivity index (χ0) is 8.60. The molecule has 2 aliphatic heterocycles. The Balaban J connectivity index is 0.000000845. The van der Waals surface area contributed by atoms with E-state index in [0.717, 1.165) is 38.9 Å². The SMILES string of the molecule is CCN1CCC2(CC1)CC(=O)N2.[HH]. The van der Waals surface area contributed by atoms with Gasteiger partial charge in [-0.1, -0.05) is 6.92 Å². The molecular formula is C9H18N2O. The number of hydrogen-bond donors (Lipinski definition) is 1. The number of nitrogens with zero attached hydrogens (tertiary/aromatic N) is 1. The molecule has 3 nitrogen and oxygen atoms in total. The number of rotatable bonds is 1. The summed E-state index contributed by atoms with van der Waals surface area (Å²) in [4.78, 5) is 13.2. The van der Waals surface area contributed by atoms with Crippen LogP contribution in [-0.4, -0.2) is 36.0 Å². The number of likely N-dealkylation sites (tertiary alicyclic amines) is 1. The lowest BCUT2D eigenvalue weighted by Crippen LogP contribution is -2.64. The molecule has 2 heterocycles. The third-order valence-electron chi connectivity index (χ3n) is 3.16. The third-order valence-corrected chi connectivity index (χ3v) is 3.16. The predicted octanol–water partition coefficient (Wildman–Crippen LogP) is 0.607. The van der Waals surface area contributed by atoms with E-state index in [0.29, 0.717) is 0 Å². The molecule has 12 heavy (non-hydrogen) atoms. The maximum Gasteiger partial charge on any atom is 0.222 e. The largest absolute Gasteiger partial charge is 0.350 e. The summed E-state index contributed by atoms with van der Waals surface area (Å²) in [6.07, 6.45) is 3.06. The zero-order valence-corrected chi connectivity index (χ0v) is 7.60. The molecule has 0 aliphatic carbocycles. The van der Waals surface area contributed by atoms with Crippen LogP contribution in [0.4, 0.5) is 0 Å². The molecule has 0 aromatic heterocycles. The molecule has 2 fully saturated rings. The molecule has 3 heteroatoms. The first kappa shape index (κ1) is 8.05. The van der Waals surface area contributed by atoms with E-state index in [1.54, 1.807) is 0 Å². The smallest absolute Gasteiger partial charge is 0.222 e. The normalized spacial score (nSPS) is 28.2. The molecule has 0 aromatic rings. The summed E-state index contributed by atoms with van der Waals surface area (Å²) < 4.78 is 0. The second-order valence-electron chi connectivity index (χ2n) is 3.94. The summed E-state index contributed by atoms with van der Waals surface area (Å²) in [5, 5.41) is 3.04. The van der Waals surface area contributed by atoms with Crippen LogP contribution in [0.5, 0.6) is 0 Å². The fourth-order valence-electron chi connectivity index (χ4n) is 2.18. The van der Waals surface area contributed by atoms with Gasteiger partial charge in [-0.2, -0.15) is 0 Å². The molecule has 1 N–H and O–H groups in total. The molecule has 0 bridgehead atoms. The average molecular weight is 170 g/mol. The summed E-state index contributed by atoms with van der Waals surface area (Å²) in [7, 11) is 0. The molecule has 0 atom stereocenters. The fraction of sp³-hybridized carbons (Fsp3) is 0.889. The Labute approximate surface area is 74.6 Å². The minimum absolute atomic E-state index is 0. The lowest BCUT2D eigenvalue weighted by molar-refractivity contribution is -0.134. The van der Waals surface area contributed by atoms with Crippen molar-refractivity contribution in [2.24, 2.45) is 0 Å². The number of piperidine rings is 1. The number of nitrogens with one attached hydrogen (secondary N) is 1. The molecule has 1 amide bonds. The zero-order valence-electron chi connectivity index (χ0n) is 7.60. The maximum absolute atomic E-state index is 10.8. The Kier molecular flexibility index (Phi) is 1.83. The minimum atomic E-state index is 0. The van der Waals surface area contributed by atoms with Crippen LogP contribution in [0.3, 0.4) is 0 Å². The van der Waals surface area contributed by atoms with Gasteiger partial charge in [-0.25, -0.2) is 0 Å².